The first-order chi connectivity index (χ1) is 8.29. The van der Waals surface area contributed by atoms with E-state index in [0.717, 1.165) is 30.8 Å². The third kappa shape index (κ3) is 3.51. The third-order valence-electron chi connectivity index (χ3n) is 3.44. The van der Waals surface area contributed by atoms with Crippen molar-refractivity contribution in [1.29, 1.82) is 0 Å². The van der Waals surface area contributed by atoms with E-state index in [1.165, 1.54) is 31.7 Å². The molecule has 1 saturated heterocycles. The van der Waals surface area contributed by atoms with Gasteiger partial charge in [-0.15, -0.1) is 0 Å². The van der Waals surface area contributed by atoms with Crippen molar-refractivity contribution in [3.63, 3.8) is 0 Å². The summed E-state index contributed by atoms with van der Waals surface area (Å²) in [7, 11) is 0. The van der Waals surface area contributed by atoms with Gasteiger partial charge < -0.3 is 5.73 Å². The maximum absolute atomic E-state index is 13.7. The van der Waals surface area contributed by atoms with Crippen LogP contribution >= 0.6 is 0 Å². The van der Waals surface area contributed by atoms with Crippen molar-refractivity contribution < 1.29 is 4.39 Å². The Morgan fingerprint density at radius 3 is 2.47 bits per heavy atom. The summed E-state index contributed by atoms with van der Waals surface area (Å²) in [5.41, 5.74) is 7.39. The molecule has 0 saturated carbocycles. The van der Waals surface area contributed by atoms with Crippen LogP contribution in [0.2, 0.25) is 0 Å². The zero-order valence-electron chi connectivity index (χ0n) is 10.3. The highest BCUT2D eigenvalue weighted by Gasteiger charge is 2.12. The summed E-state index contributed by atoms with van der Waals surface area (Å²) in [6.45, 7) is 3.38. The van der Waals surface area contributed by atoms with E-state index in [9.17, 15) is 4.39 Å². The van der Waals surface area contributed by atoms with Gasteiger partial charge in [-0.25, -0.2) is 4.39 Å². The number of nitrogens with two attached hydrogens (primary N) is 1. The number of hydrogen-bond donors (Lipinski definition) is 1. The standard InChI is InChI=1S/C14H21FN2/c15-14-6-5-12(10-16)9-13(14)11-17-7-3-1-2-4-8-17/h5-6,9H,1-4,7-8,10-11,16H2. The topological polar surface area (TPSA) is 29.3 Å². The number of rotatable bonds is 3. The molecule has 2 N–H and O–H groups in total. The van der Waals surface area contributed by atoms with Gasteiger partial charge in [-0.3, -0.25) is 4.90 Å². The minimum Gasteiger partial charge on any atom is -0.326 e. The van der Waals surface area contributed by atoms with Crippen LogP contribution < -0.4 is 5.73 Å². The normalized spacial score (nSPS) is 18.0. The number of benzene rings is 1. The highest BCUT2D eigenvalue weighted by Crippen LogP contribution is 2.16. The van der Waals surface area contributed by atoms with Crippen molar-refractivity contribution in [2.45, 2.75) is 38.8 Å². The van der Waals surface area contributed by atoms with E-state index >= 15 is 0 Å². The van der Waals surface area contributed by atoms with E-state index in [2.05, 4.69) is 4.90 Å². The SMILES string of the molecule is NCc1ccc(F)c(CN2CCCCCC2)c1. The molecule has 0 bridgehead atoms. The molecular formula is C14H21FN2. The quantitative estimate of drug-likeness (QED) is 0.874. The lowest BCUT2D eigenvalue weighted by Crippen LogP contribution is -2.24. The third-order valence-corrected chi connectivity index (χ3v) is 3.44. The number of nitrogens with zero attached hydrogens (tertiary/aromatic N) is 1. The van der Waals surface area contributed by atoms with Crippen LogP contribution in [0.15, 0.2) is 18.2 Å². The zero-order valence-corrected chi connectivity index (χ0v) is 10.3. The van der Waals surface area contributed by atoms with E-state index in [-0.39, 0.29) is 5.82 Å². The molecule has 0 spiro atoms. The van der Waals surface area contributed by atoms with Crippen LogP contribution in [0.4, 0.5) is 4.39 Å². The fourth-order valence-electron chi connectivity index (χ4n) is 2.41. The molecule has 1 aromatic rings. The van der Waals surface area contributed by atoms with Crippen molar-refractivity contribution in [1.82, 2.24) is 4.90 Å². The second-order valence-electron chi connectivity index (χ2n) is 4.82. The Labute approximate surface area is 103 Å². The van der Waals surface area contributed by atoms with Crippen LogP contribution in [0.1, 0.15) is 36.8 Å². The minimum absolute atomic E-state index is 0.105. The Bertz CT molecular complexity index is 357. The molecule has 0 unspecified atom stereocenters. The van der Waals surface area contributed by atoms with Crippen molar-refractivity contribution in [2.24, 2.45) is 5.73 Å². The smallest absolute Gasteiger partial charge is 0.127 e. The van der Waals surface area contributed by atoms with Gasteiger partial charge in [0, 0.05) is 18.7 Å². The molecular weight excluding hydrogens is 215 g/mol. The molecule has 94 valence electrons. The summed E-state index contributed by atoms with van der Waals surface area (Å²) >= 11 is 0. The largest absolute Gasteiger partial charge is 0.326 e. The summed E-state index contributed by atoms with van der Waals surface area (Å²) in [4.78, 5) is 2.35. The average Bonchev–Trinajstić information content (AvgIpc) is 2.60. The fraction of sp³-hybridized carbons (Fsp3) is 0.571. The molecule has 0 aliphatic carbocycles. The fourth-order valence-corrected chi connectivity index (χ4v) is 2.41. The van der Waals surface area contributed by atoms with E-state index in [4.69, 9.17) is 5.73 Å². The first-order valence-electron chi connectivity index (χ1n) is 6.49. The average molecular weight is 236 g/mol. The van der Waals surface area contributed by atoms with E-state index < -0.39 is 0 Å². The molecule has 1 fully saturated rings. The lowest BCUT2D eigenvalue weighted by atomic mass is 10.1. The summed E-state index contributed by atoms with van der Waals surface area (Å²) < 4.78 is 13.7. The van der Waals surface area contributed by atoms with Gasteiger partial charge in [0.25, 0.3) is 0 Å². The molecule has 0 atom stereocenters. The van der Waals surface area contributed by atoms with Crippen LogP contribution in [0.5, 0.6) is 0 Å². The Hall–Kier alpha value is -0.930. The van der Waals surface area contributed by atoms with Gasteiger partial charge in [-0.05, 0) is 37.6 Å². The second-order valence-corrected chi connectivity index (χ2v) is 4.82. The zero-order chi connectivity index (χ0) is 12.1. The molecule has 0 aromatic heterocycles. The van der Waals surface area contributed by atoms with Crippen molar-refractivity contribution in [3.8, 4) is 0 Å². The van der Waals surface area contributed by atoms with Gasteiger partial charge in [0.15, 0.2) is 0 Å². The van der Waals surface area contributed by atoms with Gasteiger partial charge in [-0.1, -0.05) is 25.0 Å². The predicted octanol–water partition coefficient (Wildman–Crippen LogP) is 2.66. The molecule has 3 heteroatoms. The Kier molecular flexibility index (Phi) is 4.51. The summed E-state index contributed by atoms with van der Waals surface area (Å²) in [6.07, 6.45) is 5.08. The molecule has 2 rings (SSSR count). The van der Waals surface area contributed by atoms with E-state index in [1.54, 1.807) is 6.07 Å². The molecule has 17 heavy (non-hydrogen) atoms. The van der Waals surface area contributed by atoms with E-state index in [1.807, 2.05) is 6.07 Å². The highest BCUT2D eigenvalue weighted by atomic mass is 19.1. The first-order valence-corrected chi connectivity index (χ1v) is 6.49. The molecule has 1 aromatic carbocycles. The molecule has 2 nitrogen and oxygen atoms in total. The van der Waals surface area contributed by atoms with Gasteiger partial charge >= 0.3 is 0 Å². The molecule has 1 aliphatic rings. The number of hydrogen-bond acceptors (Lipinski definition) is 2. The van der Waals surface area contributed by atoms with Crippen LogP contribution in [0, 0.1) is 5.82 Å². The Morgan fingerprint density at radius 1 is 1.12 bits per heavy atom. The monoisotopic (exact) mass is 236 g/mol. The maximum Gasteiger partial charge on any atom is 0.127 e. The Morgan fingerprint density at radius 2 is 1.82 bits per heavy atom. The van der Waals surface area contributed by atoms with Gasteiger partial charge in [-0.2, -0.15) is 0 Å². The first kappa shape index (κ1) is 12.5. The van der Waals surface area contributed by atoms with E-state index in [0.29, 0.717) is 6.54 Å². The van der Waals surface area contributed by atoms with Crippen LogP contribution in [0.3, 0.4) is 0 Å². The van der Waals surface area contributed by atoms with Gasteiger partial charge in [0.2, 0.25) is 0 Å². The van der Waals surface area contributed by atoms with Crippen molar-refractivity contribution in [2.75, 3.05) is 13.1 Å². The summed E-state index contributed by atoms with van der Waals surface area (Å²) in [5.74, 6) is -0.105. The summed E-state index contributed by atoms with van der Waals surface area (Å²) in [5, 5.41) is 0. The number of likely N-dealkylation sites (tertiary alicyclic amines) is 1. The molecule has 1 aliphatic heterocycles. The molecule has 1 heterocycles. The lowest BCUT2D eigenvalue weighted by Gasteiger charge is -2.20. The predicted molar refractivity (Wildman–Crippen MR) is 68.0 cm³/mol. The number of halogens is 1. The minimum atomic E-state index is -0.105. The van der Waals surface area contributed by atoms with Crippen LogP contribution in [-0.4, -0.2) is 18.0 Å². The van der Waals surface area contributed by atoms with Gasteiger partial charge in [0.05, 0.1) is 0 Å². The maximum atomic E-state index is 13.7. The van der Waals surface area contributed by atoms with Crippen LogP contribution in [-0.2, 0) is 13.1 Å². The molecule has 0 amide bonds. The lowest BCUT2D eigenvalue weighted by molar-refractivity contribution is 0.273. The van der Waals surface area contributed by atoms with Crippen molar-refractivity contribution >= 4 is 0 Å². The van der Waals surface area contributed by atoms with Crippen molar-refractivity contribution in [3.05, 3.63) is 35.1 Å². The summed E-state index contributed by atoms with van der Waals surface area (Å²) in [6, 6.07) is 5.21. The second kappa shape index (κ2) is 6.12. The molecule has 0 radical (unpaired) electrons. The highest BCUT2D eigenvalue weighted by molar-refractivity contribution is 5.25. The van der Waals surface area contributed by atoms with Gasteiger partial charge in [0.1, 0.15) is 5.82 Å². The van der Waals surface area contributed by atoms with Crippen LogP contribution in [0.25, 0.3) is 0 Å². The Balaban J connectivity index is 2.05.